The molecule has 0 aliphatic carbocycles. The summed E-state index contributed by atoms with van der Waals surface area (Å²) < 4.78 is 5.17. The quantitative estimate of drug-likeness (QED) is 0.612. The summed E-state index contributed by atoms with van der Waals surface area (Å²) in [4.78, 5) is 43.4. The van der Waals surface area contributed by atoms with Crippen LogP contribution in [0.4, 0.5) is 15.5 Å². The van der Waals surface area contributed by atoms with E-state index >= 15 is 0 Å². The first kappa shape index (κ1) is 25.2. The zero-order valence-corrected chi connectivity index (χ0v) is 21.5. The van der Waals surface area contributed by atoms with Crippen molar-refractivity contribution >= 4 is 39.9 Å². The van der Waals surface area contributed by atoms with Gasteiger partial charge in [-0.3, -0.25) is 14.5 Å². The second kappa shape index (κ2) is 11.2. The molecule has 0 bridgehead atoms. The van der Waals surface area contributed by atoms with Gasteiger partial charge in [0.25, 0.3) is 5.91 Å². The summed E-state index contributed by atoms with van der Waals surface area (Å²) in [5, 5.41) is 6.58. The number of fused-ring (bicyclic) bond motifs is 1. The maximum Gasteiger partial charge on any atom is 0.410 e. The lowest BCUT2D eigenvalue weighted by Crippen LogP contribution is -2.38. The van der Waals surface area contributed by atoms with Crippen molar-refractivity contribution in [2.24, 2.45) is 5.92 Å². The first-order valence-corrected chi connectivity index (χ1v) is 13.1. The summed E-state index contributed by atoms with van der Waals surface area (Å²) in [5.41, 5.74) is 3.09. The number of nitrogens with one attached hydrogen (secondary N) is 2. The summed E-state index contributed by atoms with van der Waals surface area (Å²) in [6.07, 6.45) is 2.35. The summed E-state index contributed by atoms with van der Waals surface area (Å²) in [7, 11) is 0. The summed E-state index contributed by atoms with van der Waals surface area (Å²) in [6, 6.07) is 7.61. The van der Waals surface area contributed by atoms with Crippen LogP contribution in [0.1, 0.15) is 53.1 Å². The zero-order valence-electron chi connectivity index (χ0n) is 20.7. The van der Waals surface area contributed by atoms with Crippen LogP contribution in [0, 0.1) is 12.8 Å². The number of rotatable bonds is 6. The minimum absolute atomic E-state index is 0.120. The Bertz CT molecular complexity index is 1090. The van der Waals surface area contributed by atoms with E-state index in [4.69, 9.17) is 4.74 Å². The Kier molecular flexibility index (Phi) is 8.07. The lowest BCUT2D eigenvalue weighted by atomic mass is 9.99. The number of aryl methyl sites for hydroxylation is 1. The first-order valence-electron chi connectivity index (χ1n) is 12.3. The van der Waals surface area contributed by atoms with E-state index in [0.717, 1.165) is 47.6 Å². The molecular formula is C26H34N4O4S. The number of carbonyl (C=O) groups is 3. The van der Waals surface area contributed by atoms with Gasteiger partial charge in [0.05, 0.1) is 25.3 Å². The standard InChI is InChI=1S/C26H34N4O4S/c1-4-34-26(33)30-14-11-19-21(15-30)35-25(28-22(31)16-29-12-9-17(2)10-13-29)23(19)24(32)27-20-8-6-5-7-18(20)3/h5-8,17H,4,9-16H2,1-3H3,(H,27,32)(H,28,31). The normalized spacial score (nSPS) is 16.5. The molecule has 0 spiro atoms. The van der Waals surface area contributed by atoms with Crippen molar-refractivity contribution in [3.8, 4) is 0 Å². The van der Waals surface area contributed by atoms with E-state index < -0.39 is 0 Å². The highest BCUT2D eigenvalue weighted by molar-refractivity contribution is 7.17. The molecule has 35 heavy (non-hydrogen) atoms. The highest BCUT2D eigenvalue weighted by atomic mass is 32.1. The van der Waals surface area contributed by atoms with Crippen LogP contribution in [0.5, 0.6) is 0 Å². The van der Waals surface area contributed by atoms with Crippen LogP contribution in [-0.2, 0) is 22.5 Å². The number of anilines is 2. The van der Waals surface area contributed by atoms with Crippen LogP contribution in [0.3, 0.4) is 0 Å². The lowest BCUT2D eigenvalue weighted by molar-refractivity contribution is -0.117. The van der Waals surface area contributed by atoms with E-state index in [2.05, 4.69) is 22.5 Å². The first-order chi connectivity index (χ1) is 16.9. The van der Waals surface area contributed by atoms with Gasteiger partial charge in [0.2, 0.25) is 5.91 Å². The van der Waals surface area contributed by atoms with Gasteiger partial charge in [-0.05, 0) is 69.3 Å². The van der Waals surface area contributed by atoms with E-state index in [9.17, 15) is 14.4 Å². The molecular weight excluding hydrogens is 464 g/mol. The van der Waals surface area contributed by atoms with Crippen molar-refractivity contribution in [2.75, 3.05) is 43.4 Å². The molecule has 0 radical (unpaired) electrons. The van der Waals surface area contributed by atoms with E-state index in [1.54, 1.807) is 11.8 Å². The van der Waals surface area contributed by atoms with Crippen molar-refractivity contribution in [3.05, 3.63) is 45.8 Å². The number of para-hydroxylation sites is 1. The minimum atomic E-state index is -0.359. The third kappa shape index (κ3) is 6.02. The van der Waals surface area contributed by atoms with Gasteiger partial charge in [0.15, 0.2) is 0 Å². The fourth-order valence-corrected chi connectivity index (χ4v) is 5.87. The molecule has 2 aliphatic rings. The molecule has 3 amide bonds. The minimum Gasteiger partial charge on any atom is -0.450 e. The molecule has 0 saturated carbocycles. The summed E-state index contributed by atoms with van der Waals surface area (Å²) in [5.74, 6) is 0.325. The summed E-state index contributed by atoms with van der Waals surface area (Å²) in [6.45, 7) is 9.23. The second-order valence-electron chi connectivity index (χ2n) is 9.35. The number of ether oxygens (including phenoxy) is 1. The molecule has 188 valence electrons. The number of benzene rings is 1. The molecule has 0 atom stereocenters. The van der Waals surface area contributed by atoms with Crippen LogP contribution in [0.15, 0.2) is 24.3 Å². The summed E-state index contributed by atoms with van der Waals surface area (Å²) >= 11 is 1.37. The van der Waals surface area contributed by atoms with Crippen LogP contribution < -0.4 is 10.6 Å². The average Bonchev–Trinajstić information content (AvgIpc) is 3.19. The fraction of sp³-hybridized carbons (Fsp3) is 0.500. The number of amides is 3. The van der Waals surface area contributed by atoms with E-state index in [1.807, 2.05) is 31.2 Å². The fourth-order valence-electron chi connectivity index (χ4n) is 4.59. The molecule has 0 unspecified atom stereocenters. The van der Waals surface area contributed by atoms with Crippen molar-refractivity contribution in [3.63, 3.8) is 0 Å². The Labute approximate surface area is 210 Å². The Balaban J connectivity index is 1.56. The lowest BCUT2D eigenvalue weighted by Gasteiger charge is -2.29. The molecule has 1 aromatic heterocycles. The van der Waals surface area contributed by atoms with Crippen molar-refractivity contribution in [1.29, 1.82) is 0 Å². The molecule has 2 N–H and O–H groups in total. The van der Waals surface area contributed by atoms with E-state index in [-0.39, 0.29) is 17.9 Å². The highest BCUT2D eigenvalue weighted by Crippen LogP contribution is 2.38. The van der Waals surface area contributed by atoms with E-state index in [0.29, 0.717) is 49.1 Å². The number of piperidine rings is 1. The molecule has 2 aromatic rings. The van der Waals surface area contributed by atoms with Gasteiger partial charge in [-0.1, -0.05) is 25.1 Å². The SMILES string of the molecule is CCOC(=O)N1CCc2c(sc(NC(=O)CN3CCC(C)CC3)c2C(=O)Nc2ccccc2C)C1. The zero-order chi connectivity index (χ0) is 24.9. The maximum absolute atomic E-state index is 13.5. The van der Waals surface area contributed by atoms with Crippen LogP contribution >= 0.6 is 11.3 Å². The number of hydrogen-bond donors (Lipinski definition) is 2. The molecule has 4 rings (SSSR count). The number of thiophene rings is 1. The van der Waals surface area contributed by atoms with Gasteiger partial charge in [-0.2, -0.15) is 0 Å². The number of likely N-dealkylation sites (tertiary alicyclic amines) is 1. The predicted molar refractivity (Wildman–Crippen MR) is 138 cm³/mol. The Morgan fingerprint density at radius 1 is 1.11 bits per heavy atom. The van der Waals surface area contributed by atoms with Crippen molar-refractivity contribution < 1.29 is 19.1 Å². The largest absolute Gasteiger partial charge is 0.450 e. The molecule has 1 fully saturated rings. The van der Waals surface area contributed by atoms with Crippen LogP contribution in [0.2, 0.25) is 0 Å². The van der Waals surface area contributed by atoms with Gasteiger partial charge in [0, 0.05) is 17.1 Å². The third-order valence-corrected chi connectivity index (χ3v) is 7.83. The van der Waals surface area contributed by atoms with Gasteiger partial charge in [0.1, 0.15) is 5.00 Å². The smallest absolute Gasteiger partial charge is 0.410 e. The Morgan fingerprint density at radius 2 is 1.86 bits per heavy atom. The molecule has 3 heterocycles. The number of carbonyl (C=O) groups excluding carboxylic acids is 3. The topological polar surface area (TPSA) is 91.0 Å². The van der Waals surface area contributed by atoms with Crippen molar-refractivity contribution in [1.82, 2.24) is 9.80 Å². The molecule has 1 saturated heterocycles. The van der Waals surface area contributed by atoms with Crippen molar-refractivity contribution in [2.45, 2.75) is 46.6 Å². The molecule has 8 nitrogen and oxygen atoms in total. The Morgan fingerprint density at radius 3 is 2.57 bits per heavy atom. The van der Waals surface area contributed by atoms with E-state index in [1.165, 1.54) is 11.3 Å². The molecule has 1 aromatic carbocycles. The maximum atomic E-state index is 13.5. The molecule has 2 aliphatic heterocycles. The highest BCUT2D eigenvalue weighted by Gasteiger charge is 2.31. The monoisotopic (exact) mass is 498 g/mol. The average molecular weight is 499 g/mol. The number of nitrogens with zero attached hydrogens (tertiary/aromatic N) is 2. The van der Waals surface area contributed by atoms with Crippen LogP contribution in [-0.4, -0.2) is 60.5 Å². The van der Waals surface area contributed by atoms with Gasteiger partial charge >= 0.3 is 6.09 Å². The van der Waals surface area contributed by atoms with Gasteiger partial charge < -0.3 is 20.3 Å². The predicted octanol–water partition coefficient (Wildman–Crippen LogP) is 4.49. The van der Waals surface area contributed by atoms with Gasteiger partial charge in [-0.15, -0.1) is 11.3 Å². The second-order valence-corrected chi connectivity index (χ2v) is 10.5. The molecule has 9 heteroatoms. The van der Waals surface area contributed by atoms with Crippen LogP contribution in [0.25, 0.3) is 0 Å². The number of hydrogen-bond acceptors (Lipinski definition) is 6. The third-order valence-electron chi connectivity index (χ3n) is 6.70. The van der Waals surface area contributed by atoms with Gasteiger partial charge in [-0.25, -0.2) is 4.79 Å². The Hall–Kier alpha value is -2.91.